The Balaban J connectivity index is 1.58. The van der Waals surface area contributed by atoms with Gasteiger partial charge in [-0.3, -0.25) is 4.90 Å². The quantitative estimate of drug-likeness (QED) is 0.562. The first-order chi connectivity index (χ1) is 17.0. The minimum atomic E-state index is -0.677. The van der Waals surface area contributed by atoms with Crippen molar-refractivity contribution in [1.29, 1.82) is 0 Å². The summed E-state index contributed by atoms with van der Waals surface area (Å²) in [6.45, 7) is 5.55. The minimum Gasteiger partial charge on any atom is -0.496 e. The lowest BCUT2D eigenvalue weighted by atomic mass is 9.94. The normalized spacial score (nSPS) is 18.5. The van der Waals surface area contributed by atoms with E-state index in [0.717, 1.165) is 37.6 Å². The van der Waals surface area contributed by atoms with Gasteiger partial charge in [-0.2, -0.15) is 0 Å². The molecule has 1 fully saturated rings. The summed E-state index contributed by atoms with van der Waals surface area (Å²) in [7, 11) is 3.24. The maximum absolute atomic E-state index is 13.1. The number of para-hydroxylation sites is 3. The molecule has 1 atom stereocenters. The van der Waals surface area contributed by atoms with E-state index in [2.05, 4.69) is 26.5 Å². The van der Waals surface area contributed by atoms with Crippen molar-refractivity contribution in [2.45, 2.75) is 13.0 Å². The summed E-state index contributed by atoms with van der Waals surface area (Å²) in [5.74, 6) is 0.975. The SMILES string of the molecule is CCOC(=O)C1=C(CN2CCN(c3ccccc3OC)CC2)NC(=O)NC1c1ccccc1OC. The largest absolute Gasteiger partial charge is 0.496 e. The fraction of sp³-hybridized carbons (Fsp3) is 0.385. The number of esters is 1. The highest BCUT2D eigenvalue weighted by Crippen LogP contribution is 2.34. The number of rotatable bonds is 8. The molecule has 1 saturated heterocycles. The zero-order valence-electron chi connectivity index (χ0n) is 20.4. The molecule has 4 rings (SSSR count). The fourth-order valence-electron chi connectivity index (χ4n) is 4.59. The maximum Gasteiger partial charge on any atom is 0.338 e. The Morgan fingerprint density at radius 1 is 0.971 bits per heavy atom. The van der Waals surface area contributed by atoms with E-state index in [-0.39, 0.29) is 12.6 Å². The third-order valence-corrected chi connectivity index (χ3v) is 6.28. The molecule has 2 heterocycles. The molecular weight excluding hydrogens is 448 g/mol. The molecule has 2 aliphatic heterocycles. The Bertz CT molecular complexity index is 1090. The van der Waals surface area contributed by atoms with Gasteiger partial charge >= 0.3 is 12.0 Å². The average molecular weight is 481 g/mol. The van der Waals surface area contributed by atoms with E-state index >= 15 is 0 Å². The van der Waals surface area contributed by atoms with Gasteiger partial charge in [0.1, 0.15) is 11.5 Å². The Morgan fingerprint density at radius 2 is 1.63 bits per heavy atom. The van der Waals surface area contributed by atoms with E-state index in [0.29, 0.717) is 29.1 Å². The van der Waals surface area contributed by atoms with Crippen LogP contribution in [0.4, 0.5) is 10.5 Å². The monoisotopic (exact) mass is 480 g/mol. The summed E-state index contributed by atoms with van der Waals surface area (Å²) in [5, 5.41) is 5.74. The molecule has 2 aromatic carbocycles. The van der Waals surface area contributed by atoms with Gasteiger partial charge in [-0.1, -0.05) is 30.3 Å². The van der Waals surface area contributed by atoms with Crippen molar-refractivity contribution in [2.24, 2.45) is 0 Å². The summed E-state index contributed by atoms with van der Waals surface area (Å²) in [4.78, 5) is 30.3. The lowest BCUT2D eigenvalue weighted by molar-refractivity contribution is -0.139. The number of hydrogen-bond acceptors (Lipinski definition) is 7. The number of anilines is 1. The van der Waals surface area contributed by atoms with Crippen molar-refractivity contribution in [3.63, 3.8) is 0 Å². The fourth-order valence-corrected chi connectivity index (χ4v) is 4.59. The summed E-state index contributed by atoms with van der Waals surface area (Å²) < 4.78 is 16.4. The minimum absolute atomic E-state index is 0.236. The molecule has 2 amide bonds. The molecule has 2 aromatic rings. The molecule has 9 nitrogen and oxygen atoms in total. The number of hydrogen-bond donors (Lipinski definition) is 2. The first kappa shape index (κ1) is 24.4. The number of urea groups is 1. The summed E-state index contributed by atoms with van der Waals surface area (Å²) in [6.07, 6.45) is 0. The zero-order valence-corrected chi connectivity index (χ0v) is 20.4. The number of carbonyl (C=O) groups excluding carboxylic acids is 2. The van der Waals surface area contributed by atoms with Gasteiger partial charge in [-0.15, -0.1) is 0 Å². The van der Waals surface area contributed by atoms with E-state index in [1.165, 1.54) is 0 Å². The van der Waals surface area contributed by atoms with Crippen LogP contribution in [0.1, 0.15) is 18.5 Å². The van der Waals surface area contributed by atoms with Crippen LogP contribution >= 0.6 is 0 Å². The summed E-state index contributed by atoms with van der Waals surface area (Å²) in [5.41, 5.74) is 2.70. The Morgan fingerprint density at radius 3 is 2.31 bits per heavy atom. The van der Waals surface area contributed by atoms with Crippen molar-refractivity contribution in [2.75, 3.05) is 58.5 Å². The molecule has 9 heteroatoms. The van der Waals surface area contributed by atoms with Crippen molar-refractivity contribution in [1.82, 2.24) is 15.5 Å². The van der Waals surface area contributed by atoms with E-state index < -0.39 is 12.0 Å². The second-order valence-corrected chi connectivity index (χ2v) is 8.32. The van der Waals surface area contributed by atoms with Gasteiger partial charge in [0, 0.05) is 44.0 Å². The van der Waals surface area contributed by atoms with Gasteiger partial charge in [-0.25, -0.2) is 9.59 Å². The van der Waals surface area contributed by atoms with Gasteiger partial charge < -0.3 is 29.7 Å². The van der Waals surface area contributed by atoms with Crippen LogP contribution in [0.2, 0.25) is 0 Å². The molecule has 35 heavy (non-hydrogen) atoms. The Labute approximate surface area is 205 Å². The van der Waals surface area contributed by atoms with Crippen LogP contribution in [-0.4, -0.2) is 70.5 Å². The van der Waals surface area contributed by atoms with Crippen LogP contribution in [0.15, 0.2) is 59.8 Å². The average Bonchev–Trinajstić information content (AvgIpc) is 2.89. The molecular formula is C26H32N4O5. The highest BCUT2D eigenvalue weighted by Gasteiger charge is 2.36. The molecule has 1 unspecified atom stereocenters. The maximum atomic E-state index is 13.1. The van der Waals surface area contributed by atoms with Gasteiger partial charge in [0.05, 0.1) is 38.1 Å². The van der Waals surface area contributed by atoms with Crippen LogP contribution in [-0.2, 0) is 9.53 Å². The number of methoxy groups -OCH3 is 2. The van der Waals surface area contributed by atoms with Crippen LogP contribution in [0.3, 0.4) is 0 Å². The van der Waals surface area contributed by atoms with E-state index in [1.54, 1.807) is 21.1 Å². The number of nitrogens with zero attached hydrogens (tertiary/aromatic N) is 2. The number of piperazine rings is 1. The van der Waals surface area contributed by atoms with Gasteiger partial charge in [0.15, 0.2) is 0 Å². The molecule has 186 valence electrons. The molecule has 0 spiro atoms. The second-order valence-electron chi connectivity index (χ2n) is 8.32. The first-order valence-electron chi connectivity index (χ1n) is 11.8. The molecule has 0 saturated carbocycles. The van der Waals surface area contributed by atoms with Crippen LogP contribution < -0.4 is 25.0 Å². The highest BCUT2D eigenvalue weighted by molar-refractivity contribution is 5.95. The topological polar surface area (TPSA) is 92.4 Å². The highest BCUT2D eigenvalue weighted by atomic mass is 16.5. The predicted molar refractivity (Wildman–Crippen MR) is 133 cm³/mol. The Hall–Kier alpha value is -3.72. The number of ether oxygens (including phenoxy) is 3. The van der Waals surface area contributed by atoms with Gasteiger partial charge in [0.2, 0.25) is 0 Å². The molecule has 2 aliphatic rings. The van der Waals surface area contributed by atoms with Crippen LogP contribution in [0.25, 0.3) is 0 Å². The van der Waals surface area contributed by atoms with Gasteiger partial charge in [0.25, 0.3) is 0 Å². The molecule has 2 N–H and O–H groups in total. The van der Waals surface area contributed by atoms with Crippen molar-refractivity contribution >= 4 is 17.7 Å². The summed E-state index contributed by atoms with van der Waals surface area (Å²) in [6, 6.07) is 14.3. The van der Waals surface area contributed by atoms with Crippen LogP contribution in [0.5, 0.6) is 11.5 Å². The second kappa shape index (κ2) is 11.1. The number of benzene rings is 2. The zero-order chi connectivity index (χ0) is 24.8. The van der Waals surface area contributed by atoms with Crippen molar-refractivity contribution in [3.05, 3.63) is 65.4 Å². The molecule has 0 radical (unpaired) electrons. The molecule has 0 aliphatic carbocycles. The molecule has 0 aromatic heterocycles. The summed E-state index contributed by atoms with van der Waals surface area (Å²) >= 11 is 0. The first-order valence-corrected chi connectivity index (χ1v) is 11.8. The number of amides is 2. The van der Waals surface area contributed by atoms with Gasteiger partial charge in [-0.05, 0) is 25.1 Å². The van der Waals surface area contributed by atoms with E-state index in [9.17, 15) is 9.59 Å². The predicted octanol–water partition coefficient (Wildman–Crippen LogP) is 2.70. The molecule has 0 bridgehead atoms. The van der Waals surface area contributed by atoms with Crippen molar-refractivity contribution in [3.8, 4) is 11.5 Å². The number of nitrogens with one attached hydrogen (secondary N) is 2. The Kier molecular flexibility index (Phi) is 7.77. The number of carbonyl (C=O) groups is 2. The third kappa shape index (κ3) is 5.35. The standard InChI is InChI=1S/C26H32N4O5/c1-4-35-25(31)23-19(27-26(32)28-24(23)18-9-5-7-11-21(18)33-2)17-29-13-15-30(16-14-29)20-10-6-8-12-22(20)34-3/h5-12,24H,4,13-17H2,1-3H3,(H2,27,28,32). The van der Waals surface area contributed by atoms with E-state index in [4.69, 9.17) is 14.2 Å². The smallest absolute Gasteiger partial charge is 0.338 e. The lowest BCUT2D eigenvalue weighted by Gasteiger charge is -2.38. The van der Waals surface area contributed by atoms with E-state index in [1.807, 2.05) is 42.5 Å². The van der Waals surface area contributed by atoms with Crippen molar-refractivity contribution < 1.29 is 23.8 Å². The third-order valence-electron chi connectivity index (χ3n) is 6.28. The lowest BCUT2D eigenvalue weighted by Crippen LogP contribution is -2.52. The van der Waals surface area contributed by atoms with Crippen LogP contribution in [0, 0.1) is 0 Å².